The Morgan fingerprint density at radius 2 is 2.25 bits per heavy atom. The molecule has 0 aliphatic carbocycles. The average Bonchev–Trinajstić information content (AvgIpc) is 2.08. The zero-order valence-corrected chi connectivity index (χ0v) is 6.47. The second-order valence-electron chi connectivity index (χ2n) is 2.20. The first-order valence-corrected chi connectivity index (χ1v) is 3.26. The van der Waals surface area contributed by atoms with Crippen molar-refractivity contribution in [1.29, 1.82) is 5.41 Å². The quantitative estimate of drug-likeness (QED) is 0.494. The second-order valence-corrected chi connectivity index (χ2v) is 2.20. The van der Waals surface area contributed by atoms with Gasteiger partial charge >= 0.3 is 0 Å². The molecule has 0 heterocycles. The largest absolute Gasteiger partial charge is 0.505 e. The van der Waals surface area contributed by atoms with Gasteiger partial charge in [0.1, 0.15) is 0 Å². The molecule has 0 amide bonds. The number of phenols is 1. The van der Waals surface area contributed by atoms with E-state index in [0.717, 1.165) is 6.07 Å². The molecule has 0 saturated heterocycles. The smallest absolute Gasteiger partial charge is 0.213 e. The molecule has 1 aromatic rings. The molecule has 64 valence electrons. The molecular weight excluding hydrogens is 161 g/mol. The number of hydrogen-bond donors (Lipinski definition) is 2. The molecule has 0 saturated carbocycles. The van der Waals surface area contributed by atoms with E-state index in [0.29, 0.717) is 5.56 Å². The van der Waals surface area contributed by atoms with Gasteiger partial charge in [0, 0.05) is 5.56 Å². The number of nitrogens with one attached hydrogen (secondary N) is 1. The van der Waals surface area contributed by atoms with Gasteiger partial charge in [0.2, 0.25) is 5.90 Å². The van der Waals surface area contributed by atoms with E-state index >= 15 is 0 Å². The highest BCUT2D eigenvalue weighted by molar-refractivity contribution is 5.91. The van der Waals surface area contributed by atoms with Crippen molar-refractivity contribution >= 4 is 5.90 Å². The first-order valence-electron chi connectivity index (χ1n) is 3.26. The van der Waals surface area contributed by atoms with E-state index in [1.54, 1.807) is 0 Å². The topological polar surface area (TPSA) is 53.3 Å². The summed E-state index contributed by atoms with van der Waals surface area (Å²) in [4.78, 5) is 0. The van der Waals surface area contributed by atoms with Gasteiger partial charge in [-0.3, -0.25) is 5.41 Å². The minimum atomic E-state index is -0.755. The Labute approximate surface area is 68.9 Å². The van der Waals surface area contributed by atoms with Crippen molar-refractivity contribution in [3.8, 4) is 5.75 Å². The highest BCUT2D eigenvalue weighted by atomic mass is 19.1. The second kappa shape index (κ2) is 3.21. The van der Waals surface area contributed by atoms with Crippen molar-refractivity contribution in [3.63, 3.8) is 0 Å². The van der Waals surface area contributed by atoms with Crippen molar-refractivity contribution in [3.05, 3.63) is 29.6 Å². The predicted octanol–water partition coefficient (Wildman–Crippen LogP) is 1.50. The lowest BCUT2D eigenvalue weighted by molar-refractivity contribution is 0.400. The first kappa shape index (κ1) is 8.52. The summed E-state index contributed by atoms with van der Waals surface area (Å²) in [6.07, 6.45) is 0. The maximum Gasteiger partial charge on any atom is 0.213 e. The fraction of sp³-hybridized carbons (Fsp3) is 0.125. The maximum absolute atomic E-state index is 12.7. The molecule has 4 heteroatoms. The normalized spacial score (nSPS) is 9.50. The monoisotopic (exact) mass is 169 g/mol. The number of rotatable bonds is 1. The summed E-state index contributed by atoms with van der Waals surface area (Å²) in [7, 11) is 1.33. The summed E-state index contributed by atoms with van der Waals surface area (Å²) >= 11 is 0. The molecule has 12 heavy (non-hydrogen) atoms. The average molecular weight is 169 g/mol. The van der Waals surface area contributed by atoms with Crippen LogP contribution in [0, 0.1) is 11.2 Å². The molecule has 0 radical (unpaired) electrons. The fourth-order valence-electron chi connectivity index (χ4n) is 0.766. The molecule has 3 nitrogen and oxygen atoms in total. The van der Waals surface area contributed by atoms with Gasteiger partial charge in [-0.15, -0.1) is 0 Å². The van der Waals surface area contributed by atoms with Gasteiger partial charge < -0.3 is 9.84 Å². The number of methoxy groups -OCH3 is 1. The summed E-state index contributed by atoms with van der Waals surface area (Å²) < 4.78 is 17.2. The van der Waals surface area contributed by atoms with E-state index in [1.807, 2.05) is 0 Å². The van der Waals surface area contributed by atoms with E-state index in [4.69, 9.17) is 10.5 Å². The Morgan fingerprint density at radius 1 is 1.58 bits per heavy atom. The minimum Gasteiger partial charge on any atom is -0.505 e. The summed E-state index contributed by atoms with van der Waals surface area (Å²) in [5.74, 6) is -1.31. The molecule has 0 aliphatic heterocycles. The van der Waals surface area contributed by atoms with Gasteiger partial charge in [0.05, 0.1) is 7.11 Å². The van der Waals surface area contributed by atoms with Crippen molar-refractivity contribution in [1.82, 2.24) is 0 Å². The molecule has 0 spiro atoms. The Kier molecular flexibility index (Phi) is 2.28. The van der Waals surface area contributed by atoms with Crippen molar-refractivity contribution in [2.45, 2.75) is 0 Å². The van der Waals surface area contributed by atoms with Crippen LogP contribution in [-0.2, 0) is 4.74 Å². The maximum atomic E-state index is 12.7. The zero-order valence-electron chi connectivity index (χ0n) is 6.47. The molecule has 0 aromatic heterocycles. The standard InChI is InChI=1S/C8H8FNO2/c1-12-8(10)5-2-3-7(11)6(9)4-5/h2-4,10-11H,1H3. The van der Waals surface area contributed by atoms with Crippen LogP contribution in [0.3, 0.4) is 0 Å². The van der Waals surface area contributed by atoms with Crippen LogP contribution >= 0.6 is 0 Å². The van der Waals surface area contributed by atoms with Gasteiger partial charge in [-0.2, -0.15) is 0 Å². The van der Waals surface area contributed by atoms with E-state index in [-0.39, 0.29) is 5.90 Å². The molecule has 1 rings (SSSR count). The van der Waals surface area contributed by atoms with Crippen molar-refractivity contribution < 1.29 is 14.2 Å². The number of hydrogen-bond acceptors (Lipinski definition) is 3. The highest BCUT2D eigenvalue weighted by Gasteiger charge is 2.05. The van der Waals surface area contributed by atoms with Crippen LogP contribution in [0.2, 0.25) is 0 Å². The summed E-state index contributed by atoms with van der Waals surface area (Å²) in [5.41, 5.74) is 0.299. The van der Waals surface area contributed by atoms with E-state index < -0.39 is 11.6 Å². The minimum absolute atomic E-state index is 0.131. The van der Waals surface area contributed by atoms with Gasteiger partial charge in [-0.1, -0.05) is 0 Å². The van der Waals surface area contributed by atoms with Gasteiger partial charge in [-0.05, 0) is 18.2 Å². The Morgan fingerprint density at radius 3 is 2.75 bits per heavy atom. The van der Waals surface area contributed by atoms with Gasteiger partial charge in [0.15, 0.2) is 11.6 Å². The van der Waals surface area contributed by atoms with E-state index in [1.165, 1.54) is 19.2 Å². The van der Waals surface area contributed by atoms with Crippen LogP contribution in [0.1, 0.15) is 5.56 Å². The van der Waals surface area contributed by atoms with Crippen LogP contribution in [-0.4, -0.2) is 18.1 Å². The molecule has 0 aliphatic rings. The SMILES string of the molecule is COC(=N)c1ccc(O)c(F)c1. The number of halogens is 1. The van der Waals surface area contributed by atoms with Crippen LogP contribution in [0.5, 0.6) is 5.75 Å². The van der Waals surface area contributed by atoms with E-state index in [2.05, 4.69) is 4.74 Å². The van der Waals surface area contributed by atoms with Crippen molar-refractivity contribution in [2.75, 3.05) is 7.11 Å². The Hall–Kier alpha value is -1.58. The third kappa shape index (κ3) is 1.53. The Bertz CT molecular complexity index is 312. The molecular formula is C8H8FNO2. The molecule has 0 unspecified atom stereocenters. The number of benzene rings is 1. The molecule has 0 bridgehead atoms. The van der Waals surface area contributed by atoms with Crippen LogP contribution in [0.15, 0.2) is 18.2 Å². The highest BCUT2D eigenvalue weighted by Crippen LogP contribution is 2.16. The van der Waals surface area contributed by atoms with Crippen LogP contribution in [0.25, 0.3) is 0 Å². The van der Waals surface area contributed by atoms with Gasteiger partial charge in [-0.25, -0.2) is 4.39 Å². The van der Waals surface area contributed by atoms with Crippen LogP contribution < -0.4 is 0 Å². The molecule has 0 atom stereocenters. The zero-order chi connectivity index (χ0) is 9.14. The lowest BCUT2D eigenvalue weighted by Crippen LogP contribution is -2.01. The number of phenolic OH excluding ortho intramolecular Hbond substituents is 1. The number of ether oxygens (including phenoxy) is 1. The van der Waals surface area contributed by atoms with Crippen molar-refractivity contribution in [2.24, 2.45) is 0 Å². The molecule has 0 fully saturated rings. The number of aromatic hydroxyl groups is 1. The Balaban J connectivity index is 3.05. The molecule has 2 N–H and O–H groups in total. The lowest BCUT2D eigenvalue weighted by Gasteiger charge is -2.02. The summed E-state index contributed by atoms with van der Waals surface area (Å²) in [6, 6.07) is 3.63. The summed E-state index contributed by atoms with van der Waals surface area (Å²) in [5, 5.41) is 16.0. The third-order valence-corrected chi connectivity index (χ3v) is 1.41. The predicted molar refractivity (Wildman–Crippen MR) is 41.9 cm³/mol. The third-order valence-electron chi connectivity index (χ3n) is 1.41. The fourth-order valence-corrected chi connectivity index (χ4v) is 0.766. The lowest BCUT2D eigenvalue weighted by atomic mass is 10.2. The van der Waals surface area contributed by atoms with Crippen LogP contribution in [0.4, 0.5) is 4.39 Å². The summed E-state index contributed by atoms with van der Waals surface area (Å²) in [6.45, 7) is 0. The first-order chi connectivity index (χ1) is 5.65. The van der Waals surface area contributed by atoms with Gasteiger partial charge in [0.25, 0.3) is 0 Å². The molecule has 1 aromatic carbocycles. The van der Waals surface area contributed by atoms with E-state index in [9.17, 15) is 4.39 Å².